The highest BCUT2D eigenvalue weighted by Gasteiger charge is 2.33. The van der Waals surface area contributed by atoms with Gasteiger partial charge in [0.1, 0.15) is 12.6 Å². The number of benzene rings is 3. The molecule has 0 bridgehead atoms. The van der Waals surface area contributed by atoms with E-state index in [0.717, 1.165) is 41.4 Å². The van der Waals surface area contributed by atoms with Gasteiger partial charge in [0.25, 0.3) is 0 Å². The second-order valence-electron chi connectivity index (χ2n) is 10.8. The third-order valence-electron chi connectivity index (χ3n) is 7.21. The van der Waals surface area contributed by atoms with Crippen LogP contribution in [0.3, 0.4) is 0 Å². The van der Waals surface area contributed by atoms with Crippen molar-refractivity contribution in [3.05, 3.63) is 101 Å². The van der Waals surface area contributed by atoms with E-state index < -0.39 is 28.5 Å². The number of nitrogens with one attached hydrogen (secondary N) is 1. The number of nitrogens with zero attached hydrogens (tertiary/aromatic N) is 2. The minimum Gasteiger partial charge on any atom is -0.354 e. The molecular formula is C33H43N3O4S. The van der Waals surface area contributed by atoms with Crippen molar-refractivity contribution in [1.29, 1.82) is 0 Å². The van der Waals surface area contributed by atoms with Crippen LogP contribution in [0.2, 0.25) is 0 Å². The van der Waals surface area contributed by atoms with Crippen LogP contribution in [0, 0.1) is 6.92 Å². The summed E-state index contributed by atoms with van der Waals surface area (Å²) in [5.41, 5.74) is 4.10. The first-order valence-electron chi connectivity index (χ1n) is 14.2. The van der Waals surface area contributed by atoms with Gasteiger partial charge in [0, 0.05) is 19.5 Å². The molecule has 3 aromatic carbocycles. The number of carbonyl (C=O) groups is 2. The lowest BCUT2D eigenvalue weighted by Crippen LogP contribution is -2.53. The lowest BCUT2D eigenvalue weighted by molar-refractivity contribution is -0.140. The number of aryl methyl sites for hydroxylation is 1. The van der Waals surface area contributed by atoms with Gasteiger partial charge in [-0.1, -0.05) is 100.0 Å². The lowest BCUT2D eigenvalue weighted by atomic mass is 10.0. The third-order valence-corrected chi connectivity index (χ3v) is 8.34. The maximum Gasteiger partial charge on any atom is 0.244 e. The van der Waals surface area contributed by atoms with Crippen LogP contribution in [0.15, 0.2) is 78.9 Å². The maximum atomic E-state index is 14.3. The summed E-state index contributed by atoms with van der Waals surface area (Å²) in [5.74, 6) is -0.648. The summed E-state index contributed by atoms with van der Waals surface area (Å²) in [6.07, 6.45) is 3.16. The van der Waals surface area contributed by atoms with Gasteiger partial charge in [-0.25, -0.2) is 8.42 Å². The molecule has 0 heterocycles. The molecule has 3 rings (SSSR count). The fourth-order valence-electron chi connectivity index (χ4n) is 4.83. The number of para-hydroxylation sites is 1. The summed E-state index contributed by atoms with van der Waals surface area (Å²) in [6, 6.07) is 23.7. The van der Waals surface area contributed by atoms with Gasteiger partial charge >= 0.3 is 0 Å². The summed E-state index contributed by atoms with van der Waals surface area (Å²) in [7, 11) is -3.82. The second kappa shape index (κ2) is 14.8. The molecule has 2 amide bonds. The van der Waals surface area contributed by atoms with Crippen molar-refractivity contribution in [2.75, 3.05) is 23.7 Å². The monoisotopic (exact) mass is 577 g/mol. The van der Waals surface area contributed by atoms with Crippen molar-refractivity contribution in [2.45, 2.75) is 65.5 Å². The summed E-state index contributed by atoms with van der Waals surface area (Å²) in [5, 5.41) is 3.01. The molecule has 1 atom stereocenters. The zero-order valence-electron chi connectivity index (χ0n) is 24.8. The van der Waals surface area contributed by atoms with Gasteiger partial charge in [-0.15, -0.1) is 0 Å². The average Bonchev–Trinajstić information content (AvgIpc) is 2.94. The summed E-state index contributed by atoms with van der Waals surface area (Å²) in [4.78, 5) is 29.5. The van der Waals surface area contributed by atoms with E-state index in [9.17, 15) is 18.0 Å². The number of hydrogen-bond donors (Lipinski definition) is 1. The van der Waals surface area contributed by atoms with Gasteiger partial charge in [-0.2, -0.15) is 0 Å². The quantitative estimate of drug-likeness (QED) is 0.259. The molecule has 0 aromatic heterocycles. The van der Waals surface area contributed by atoms with Crippen LogP contribution < -0.4 is 9.62 Å². The van der Waals surface area contributed by atoms with Crippen molar-refractivity contribution < 1.29 is 18.0 Å². The number of sulfonamides is 1. The van der Waals surface area contributed by atoms with E-state index in [1.165, 1.54) is 4.31 Å². The number of unbranched alkanes of at least 4 members (excludes halogenated alkanes) is 1. The average molecular weight is 578 g/mol. The van der Waals surface area contributed by atoms with Crippen LogP contribution in [0.4, 0.5) is 5.69 Å². The summed E-state index contributed by atoms with van der Waals surface area (Å²) >= 11 is 0. The third kappa shape index (κ3) is 8.92. The molecule has 0 spiro atoms. The van der Waals surface area contributed by atoms with Crippen molar-refractivity contribution >= 4 is 27.5 Å². The maximum absolute atomic E-state index is 14.3. The number of amides is 2. The Labute approximate surface area is 245 Å². The fraction of sp³-hybridized carbons (Fsp3) is 0.394. The normalized spacial score (nSPS) is 12.1. The molecule has 0 saturated heterocycles. The number of rotatable bonds is 14. The van der Waals surface area contributed by atoms with Crippen LogP contribution in [-0.4, -0.2) is 50.5 Å². The van der Waals surface area contributed by atoms with Gasteiger partial charge in [-0.05, 0) is 47.6 Å². The Morgan fingerprint density at radius 1 is 0.902 bits per heavy atom. The van der Waals surface area contributed by atoms with E-state index >= 15 is 0 Å². The summed E-state index contributed by atoms with van der Waals surface area (Å²) in [6.45, 7) is 8.26. The predicted octanol–water partition coefficient (Wildman–Crippen LogP) is 5.44. The van der Waals surface area contributed by atoms with Gasteiger partial charge in [0.15, 0.2) is 0 Å². The standard InChI is InChI=1S/C33H43N3O4S/c1-6-7-21-34-33(38)31(22-27-16-9-8-10-17-27)35(23-28-18-12-11-15-26(28)4)32(37)24-36(41(5,39)40)30-20-14-13-19-29(30)25(2)3/h8-20,25,31H,6-7,21-24H2,1-5H3,(H,34,38)/t31-/m1/s1. The smallest absolute Gasteiger partial charge is 0.244 e. The van der Waals surface area contributed by atoms with Crippen LogP contribution in [0.25, 0.3) is 0 Å². The lowest BCUT2D eigenvalue weighted by Gasteiger charge is -2.34. The molecule has 0 aliphatic rings. The van der Waals surface area contributed by atoms with Gasteiger partial charge in [0.2, 0.25) is 21.8 Å². The van der Waals surface area contributed by atoms with Crippen molar-refractivity contribution in [3.8, 4) is 0 Å². The van der Waals surface area contributed by atoms with Crippen LogP contribution in [0.5, 0.6) is 0 Å². The van der Waals surface area contributed by atoms with Crippen LogP contribution in [-0.2, 0) is 32.6 Å². The molecule has 1 N–H and O–H groups in total. The van der Waals surface area contributed by atoms with Crippen LogP contribution >= 0.6 is 0 Å². The molecule has 0 aliphatic carbocycles. The molecule has 0 fully saturated rings. The molecule has 0 saturated carbocycles. The second-order valence-corrected chi connectivity index (χ2v) is 12.7. The molecule has 7 nitrogen and oxygen atoms in total. The number of carbonyl (C=O) groups excluding carboxylic acids is 2. The Morgan fingerprint density at radius 3 is 2.17 bits per heavy atom. The zero-order chi connectivity index (χ0) is 30.0. The van der Waals surface area contributed by atoms with Crippen molar-refractivity contribution in [2.24, 2.45) is 0 Å². The Balaban J connectivity index is 2.08. The van der Waals surface area contributed by atoms with E-state index in [0.29, 0.717) is 18.7 Å². The largest absolute Gasteiger partial charge is 0.354 e. The van der Waals surface area contributed by atoms with E-state index in [1.807, 2.05) is 87.5 Å². The van der Waals surface area contributed by atoms with E-state index in [1.54, 1.807) is 17.0 Å². The van der Waals surface area contributed by atoms with Gasteiger partial charge in [0.05, 0.1) is 11.9 Å². The zero-order valence-corrected chi connectivity index (χ0v) is 25.7. The molecule has 0 radical (unpaired) electrons. The number of hydrogen-bond acceptors (Lipinski definition) is 4. The first kappa shape index (κ1) is 31.9. The minimum absolute atomic E-state index is 0.0452. The topological polar surface area (TPSA) is 86.8 Å². The molecule has 0 unspecified atom stereocenters. The molecule has 41 heavy (non-hydrogen) atoms. The number of anilines is 1. The Morgan fingerprint density at radius 2 is 1.54 bits per heavy atom. The van der Waals surface area contributed by atoms with E-state index in [2.05, 4.69) is 12.2 Å². The Kier molecular flexibility index (Phi) is 11.5. The van der Waals surface area contributed by atoms with E-state index in [4.69, 9.17) is 0 Å². The molecule has 0 aliphatic heterocycles. The van der Waals surface area contributed by atoms with Crippen molar-refractivity contribution in [1.82, 2.24) is 10.2 Å². The highest BCUT2D eigenvalue weighted by molar-refractivity contribution is 7.92. The first-order valence-corrected chi connectivity index (χ1v) is 16.1. The Bertz CT molecular complexity index is 1410. The van der Waals surface area contributed by atoms with Crippen molar-refractivity contribution in [3.63, 3.8) is 0 Å². The van der Waals surface area contributed by atoms with Gasteiger partial charge < -0.3 is 10.2 Å². The highest BCUT2D eigenvalue weighted by atomic mass is 32.2. The fourth-order valence-corrected chi connectivity index (χ4v) is 5.70. The summed E-state index contributed by atoms with van der Waals surface area (Å²) < 4.78 is 27.4. The highest BCUT2D eigenvalue weighted by Crippen LogP contribution is 2.29. The first-order chi connectivity index (χ1) is 19.5. The molecular weight excluding hydrogens is 534 g/mol. The molecule has 220 valence electrons. The van der Waals surface area contributed by atoms with E-state index in [-0.39, 0.29) is 18.4 Å². The molecule has 8 heteroatoms. The SMILES string of the molecule is CCCCNC(=O)[C@@H](Cc1ccccc1)N(Cc1ccccc1C)C(=O)CN(c1ccccc1C(C)C)S(C)(=O)=O. The molecule has 3 aromatic rings. The Hall–Kier alpha value is -3.65. The predicted molar refractivity (Wildman–Crippen MR) is 166 cm³/mol. The van der Waals surface area contributed by atoms with Gasteiger partial charge in [-0.3, -0.25) is 13.9 Å². The van der Waals surface area contributed by atoms with Crippen LogP contribution in [0.1, 0.15) is 61.8 Å². The minimum atomic E-state index is -3.82.